The summed E-state index contributed by atoms with van der Waals surface area (Å²) < 4.78 is 4.82. The zero-order chi connectivity index (χ0) is 15.8. The average Bonchev–Trinajstić information content (AvgIpc) is 2.45. The van der Waals surface area contributed by atoms with Crippen molar-refractivity contribution in [3.63, 3.8) is 0 Å². The van der Waals surface area contributed by atoms with Crippen LogP contribution in [0.5, 0.6) is 0 Å². The van der Waals surface area contributed by atoms with Gasteiger partial charge in [0.2, 0.25) is 5.91 Å². The third-order valence-corrected chi connectivity index (χ3v) is 3.13. The van der Waals surface area contributed by atoms with E-state index in [9.17, 15) is 9.59 Å². The first kappa shape index (κ1) is 17.0. The number of alkyl carbamates (subject to hydrolysis) is 1. The summed E-state index contributed by atoms with van der Waals surface area (Å²) in [6.45, 7) is 7.81. The molecule has 0 saturated carbocycles. The number of nitrogens with one attached hydrogen (secondary N) is 2. The number of hydrogen-bond acceptors (Lipinski definition) is 3. The first-order chi connectivity index (χ1) is 9.97. The molecular formula is C16H24N2O3. The summed E-state index contributed by atoms with van der Waals surface area (Å²) in [6.07, 6.45) is 0.375. The third-order valence-electron chi connectivity index (χ3n) is 3.13. The van der Waals surface area contributed by atoms with Crippen LogP contribution in [0.25, 0.3) is 0 Å². The Labute approximate surface area is 126 Å². The average molecular weight is 292 g/mol. The lowest BCUT2D eigenvalue weighted by molar-refractivity contribution is -0.119. The molecule has 21 heavy (non-hydrogen) atoms. The van der Waals surface area contributed by atoms with E-state index in [0.29, 0.717) is 5.69 Å². The van der Waals surface area contributed by atoms with E-state index in [1.807, 2.05) is 38.1 Å². The minimum atomic E-state index is -0.630. The summed E-state index contributed by atoms with van der Waals surface area (Å²) in [6, 6.07) is 7.03. The fourth-order valence-corrected chi connectivity index (χ4v) is 1.88. The van der Waals surface area contributed by atoms with Gasteiger partial charge in [-0.3, -0.25) is 4.79 Å². The van der Waals surface area contributed by atoms with Gasteiger partial charge in [-0.15, -0.1) is 0 Å². The molecule has 0 aliphatic heterocycles. The molecule has 0 saturated heterocycles. The molecule has 1 atom stereocenters. The maximum absolute atomic E-state index is 12.3. The van der Waals surface area contributed by atoms with E-state index in [1.54, 1.807) is 6.92 Å². The van der Waals surface area contributed by atoms with Gasteiger partial charge in [0, 0.05) is 5.69 Å². The maximum Gasteiger partial charge on any atom is 0.407 e. The molecule has 0 fully saturated rings. The van der Waals surface area contributed by atoms with Crippen molar-refractivity contribution in [2.24, 2.45) is 5.92 Å². The summed E-state index contributed by atoms with van der Waals surface area (Å²) in [5, 5.41) is 5.40. The molecule has 1 unspecified atom stereocenters. The van der Waals surface area contributed by atoms with Crippen LogP contribution < -0.4 is 10.6 Å². The minimum absolute atomic E-state index is 0.0377. The van der Waals surface area contributed by atoms with Crippen molar-refractivity contribution >= 4 is 17.7 Å². The normalized spacial score (nSPS) is 11.9. The molecule has 116 valence electrons. The fraction of sp³-hybridized carbons (Fsp3) is 0.500. The third kappa shape index (κ3) is 5.45. The number of amides is 2. The highest BCUT2D eigenvalue weighted by Crippen LogP contribution is 2.12. The van der Waals surface area contributed by atoms with Crippen LogP contribution >= 0.6 is 0 Å². The van der Waals surface area contributed by atoms with Gasteiger partial charge in [-0.25, -0.2) is 4.79 Å². The van der Waals surface area contributed by atoms with Gasteiger partial charge in [0.25, 0.3) is 0 Å². The highest BCUT2D eigenvalue weighted by Gasteiger charge is 2.24. The Morgan fingerprint density at radius 2 is 1.76 bits per heavy atom. The molecule has 0 bridgehead atoms. The van der Waals surface area contributed by atoms with Crippen molar-refractivity contribution in [3.05, 3.63) is 29.8 Å². The van der Waals surface area contributed by atoms with E-state index in [0.717, 1.165) is 6.42 Å². The van der Waals surface area contributed by atoms with E-state index in [4.69, 9.17) is 4.74 Å². The van der Waals surface area contributed by atoms with Gasteiger partial charge in [0.05, 0.1) is 6.61 Å². The quantitative estimate of drug-likeness (QED) is 0.847. The van der Waals surface area contributed by atoms with E-state index < -0.39 is 12.1 Å². The van der Waals surface area contributed by atoms with Gasteiger partial charge in [-0.2, -0.15) is 0 Å². The topological polar surface area (TPSA) is 67.4 Å². The van der Waals surface area contributed by atoms with Crippen LogP contribution in [0.1, 0.15) is 33.3 Å². The molecule has 0 heterocycles. The molecule has 2 amide bonds. The number of carbonyl (C=O) groups excluding carboxylic acids is 2. The first-order valence-corrected chi connectivity index (χ1v) is 7.31. The van der Waals surface area contributed by atoms with Crippen LogP contribution in [0.4, 0.5) is 10.5 Å². The molecule has 1 aromatic rings. The zero-order valence-electron chi connectivity index (χ0n) is 13.1. The van der Waals surface area contributed by atoms with Crippen LogP contribution in [0, 0.1) is 5.92 Å². The number of rotatable bonds is 6. The van der Waals surface area contributed by atoms with Crippen molar-refractivity contribution in [3.8, 4) is 0 Å². The zero-order valence-corrected chi connectivity index (χ0v) is 13.1. The summed E-state index contributed by atoms with van der Waals surface area (Å²) in [5.74, 6) is -0.286. The first-order valence-electron chi connectivity index (χ1n) is 7.31. The van der Waals surface area contributed by atoms with E-state index in [2.05, 4.69) is 17.6 Å². The monoisotopic (exact) mass is 292 g/mol. The summed E-state index contributed by atoms with van der Waals surface area (Å²) in [5.41, 5.74) is 1.92. The molecule has 0 spiro atoms. The molecule has 0 aliphatic rings. The molecule has 5 heteroatoms. The van der Waals surface area contributed by atoms with Crippen molar-refractivity contribution in [2.75, 3.05) is 11.9 Å². The molecule has 1 rings (SSSR count). The van der Waals surface area contributed by atoms with Crippen molar-refractivity contribution in [1.29, 1.82) is 0 Å². The van der Waals surface area contributed by atoms with Crippen molar-refractivity contribution < 1.29 is 14.3 Å². The largest absolute Gasteiger partial charge is 0.450 e. The lowest BCUT2D eigenvalue weighted by Gasteiger charge is -2.21. The van der Waals surface area contributed by atoms with E-state index >= 15 is 0 Å². The van der Waals surface area contributed by atoms with Crippen LogP contribution in [0.15, 0.2) is 24.3 Å². The maximum atomic E-state index is 12.3. The molecular weight excluding hydrogens is 268 g/mol. The van der Waals surface area contributed by atoms with Gasteiger partial charge in [-0.1, -0.05) is 32.9 Å². The lowest BCUT2D eigenvalue weighted by atomic mass is 10.0. The molecule has 5 nitrogen and oxygen atoms in total. The smallest absolute Gasteiger partial charge is 0.407 e. The predicted octanol–water partition coefficient (Wildman–Crippen LogP) is 2.96. The number of carbonyl (C=O) groups is 2. The Morgan fingerprint density at radius 1 is 1.14 bits per heavy atom. The van der Waals surface area contributed by atoms with Gasteiger partial charge in [0.1, 0.15) is 6.04 Å². The number of benzene rings is 1. The second kappa shape index (κ2) is 8.29. The summed E-state index contributed by atoms with van der Waals surface area (Å²) in [4.78, 5) is 23.8. The second-order valence-electron chi connectivity index (χ2n) is 5.13. The molecule has 0 aromatic heterocycles. The SMILES string of the molecule is CCOC(=O)NC(C(=O)Nc1ccc(CC)cc1)C(C)C. The second-order valence-corrected chi connectivity index (χ2v) is 5.13. The highest BCUT2D eigenvalue weighted by atomic mass is 16.5. The molecule has 1 aromatic carbocycles. The summed E-state index contributed by atoms with van der Waals surface area (Å²) >= 11 is 0. The van der Waals surface area contributed by atoms with E-state index in [-0.39, 0.29) is 18.4 Å². The van der Waals surface area contributed by atoms with Gasteiger partial charge < -0.3 is 15.4 Å². The fourth-order valence-electron chi connectivity index (χ4n) is 1.88. The van der Waals surface area contributed by atoms with Crippen LogP contribution in [-0.2, 0) is 16.0 Å². The Balaban J connectivity index is 2.69. The van der Waals surface area contributed by atoms with Crippen LogP contribution in [-0.4, -0.2) is 24.6 Å². The Bertz CT molecular complexity index is 469. The van der Waals surface area contributed by atoms with Crippen molar-refractivity contribution in [2.45, 2.75) is 40.2 Å². The van der Waals surface area contributed by atoms with Crippen LogP contribution in [0.3, 0.4) is 0 Å². The Hall–Kier alpha value is -2.04. The predicted molar refractivity (Wildman–Crippen MR) is 83.2 cm³/mol. The lowest BCUT2D eigenvalue weighted by Crippen LogP contribution is -2.47. The van der Waals surface area contributed by atoms with Gasteiger partial charge >= 0.3 is 6.09 Å². The van der Waals surface area contributed by atoms with Crippen molar-refractivity contribution in [1.82, 2.24) is 5.32 Å². The standard InChI is InChI=1S/C16H24N2O3/c1-5-12-7-9-13(10-8-12)17-15(19)14(11(3)4)18-16(20)21-6-2/h7-11,14H,5-6H2,1-4H3,(H,17,19)(H,18,20). The number of hydrogen-bond donors (Lipinski definition) is 2. The molecule has 0 radical (unpaired) electrons. The minimum Gasteiger partial charge on any atom is -0.450 e. The highest BCUT2D eigenvalue weighted by molar-refractivity contribution is 5.96. The number of ether oxygens (including phenoxy) is 1. The van der Waals surface area contributed by atoms with E-state index in [1.165, 1.54) is 5.56 Å². The summed E-state index contributed by atoms with van der Waals surface area (Å²) in [7, 11) is 0. The number of aryl methyl sites for hydroxylation is 1. The molecule has 2 N–H and O–H groups in total. The Kier molecular flexibility index (Phi) is 6.72. The Morgan fingerprint density at radius 3 is 2.24 bits per heavy atom. The molecule has 0 aliphatic carbocycles. The van der Waals surface area contributed by atoms with Crippen LogP contribution in [0.2, 0.25) is 0 Å². The number of anilines is 1. The van der Waals surface area contributed by atoms with Gasteiger partial charge in [-0.05, 0) is 37.0 Å². The van der Waals surface area contributed by atoms with Gasteiger partial charge in [0.15, 0.2) is 0 Å².